The minimum absolute atomic E-state index is 0.0952. The number of amides is 1. The van der Waals surface area contributed by atoms with Gasteiger partial charge in [-0.05, 0) is 24.6 Å². The lowest BCUT2D eigenvalue weighted by Gasteiger charge is -2.20. The van der Waals surface area contributed by atoms with Crippen LogP contribution in [0.2, 0.25) is 0 Å². The molecule has 0 saturated heterocycles. The Labute approximate surface area is 159 Å². The van der Waals surface area contributed by atoms with Crippen molar-refractivity contribution in [3.8, 4) is 0 Å². The van der Waals surface area contributed by atoms with Crippen molar-refractivity contribution in [2.45, 2.75) is 31.6 Å². The second-order valence-electron chi connectivity index (χ2n) is 6.10. The first kappa shape index (κ1) is 20.9. The van der Waals surface area contributed by atoms with Gasteiger partial charge in [0.2, 0.25) is 15.6 Å². The van der Waals surface area contributed by atoms with E-state index in [2.05, 4.69) is 16.9 Å². The lowest BCUT2D eigenvalue weighted by atomic mass is 10.1. The van der Waals surface area contributed by atoms with Crippen LogP contribution >= 0.6 is 0 Å². The Morgan fingerprint density at radius 3 is 2.67 bits per heavy atom. The zero-order valence-corrected chi connectivity index (χ0v) is 16.4. The third-order valence-electron chi connectivity index (χ3n) is 4.22. The van der Waals surface area contributed by atoms with E-state index in [-0.39, 0.29) is 17.0 Å². The van der Waals surface area contributed by atoms with E-state index >= 15 is 0 Å². The Morgan fingerprint density at radius 1 is 1.30 bits per heavy atom. The summed E-state index contributed by atoms with van der Waals surface area (Å²) < 4.78 is 27.4. The topological polar surface area (TPSA) is 99.3 Å². The standard InChI is InChI=1S/C19H25N3O4S/c1-4-7-11-22(6-3)27(25,26)14-8-9-17-15(12-14)16(13-18(23)21-17)19(24)20-10-5-2/h5,8-9,12-13H,2,4,6-7,10-11H2,1,3H3,(H,20,24)(H,21,23). The van der Waals surface area contributed by atoms with Crippen LogP contribution in [0.1, 0.15) is 37.0 Å². The number of carbonyl (C=O) groups is 1. The van der Waals surface area contributed by atoms with Crippen molar-refractivity contribution in [2.75, 3.05) is 19.6 Å². The van der Waals surface area contributed by atoms with E-state index in [4.69, 9.17) is 0 Å². The number of fused-ring (bicyclic) bond motifs is 1. The van der Waals surface area contributed by atoms with Gasteiger partial charge in [0, 0.05) is 36.6 Å². The van der Waals surface area contributed by atoms with Crippen molar-refractivity contribution in [3.05, 3.63) is 52.8 Å². The third kappa shape index (κ3) is 4.64. The molecule has 1 amide bonds. The molecule has 0 atom stereocenters. The SMILES string of the molecule is C=CCNC(=O)c1cc(=O)[nH]c2ccc(S(=O)(=O)N(CC)CCCC)cc12. The minimum atomic E-state index is -3.69. The molecule has 0 saturated carbocycles. The van der Waals surface area contributed by atoms with Crippen molar-refractivity contribution >= 4 is 26.8 Å². The Balaban J connectivity index is 2.57. The molecule has 0 aliphatic rings. The largest absolute Gasteiger partial charge is 0.349 e. The third-order valence-corrected chi connectivity index (χ3v) is 6.19. The number of H-pyrrole nitrogens is 1. The fourth-order valence-corrected chi connectivity index (χ4v) is 4.29. The number of rotatable bonds is 9. The van der Waals surface area contributed by atoms with E-state index in [0.717, 1.165) is 12.8 Å². The Kier molecular flexibility index (Phi) is 6.92. The van der Waals surface area contributed by atoms with Gasteiger partial charge in [-0.1, -0.05) is 26.3 Å². The summed E-state index contributed by atoms with van der Waals surface area (Å²) in [6, 6.07) is 5.58. The van der Waals surface area contributed by atoms with Crippen LogP contribution in [0.4, 0.5) is 0 Å². The smallest absolute Gasteiger partial charge is 0.252 e. The quantitative estimate of drug-likeness (QED) is 0.641. The molecule has 0 bridgehead atoms. The van der Waals surface area contributed by atoms with Crippen molar-refractivity contribution in [1.29, 1.82) is 0 Å². The van der Waals surface area contributed by atoms with Crippen molar-refractivity contribution in [3.63, 3.8) is 0 Å². The van der Waals surface area contributed by atoms with Gasteiger partial charge in [0.15, 0.2) is 0 Å². The number of unbranched alkanes of at least 4 members (excludes halogenated alkanes) is 1. The van der Waals surface area contributed by atoms with Crippen LogP contribution in [0.15, 0.2) is 46.6 Å². The van der Waals surface area contributed by atoms with Crippen molar-refractivity contribution < 1.29 is 13.2 Å². The van der Waals surface area contributed by atoms with E-state index in [1.165, 1.54) is 34.6 Å². The van der Waals surface area contributed by atoms with Crippen LogP contribution in [0.5, 0.6) is 0 Å². The molecule has 0 fully saturated rings. The number of hydrogen-bond donors (Lipinski definition) is 2. The van der Waals surface area contributed by atoms with E-state index < -0.39 is 21.5 Å². The lowest BCUT2D eigenvalue weighted by Crippen LogP contribution is -2.32. The highest BCUT2D eigenvalue weighted by molar-refractivity contribution is 7.89. The van der Waals surface area contributed by atoms with Gasteiger partial charge in [-0.15, -0.1) is 6.58 Å². The second-order valence-corrected chi connectivity index (χ2v) is 8.04. The summed E-state index contributed by atoms with van der Waals surface area (Å²) >= 11 is 0. The Bertz CT molecular complexity index is 996. The van der Waals surface area contributed by atoms with Crippen LogP contribution in [0, 0.1) is 0 Å². The number of carbonyl (C=O) groups excluding carboxylic acids is 1. The average Bonchev–Trinajstić information content (AvgIpc) is 2.65. The van der Waals surface area contributed by atoms with Crippen LogP contribution in [0.3, 0.4) is 0 Å². The molecule has 0 aliphatic carbocycles. The van der Waals surface area contributed by atoms with Gasteiger partial charge < -0.3 is 10.3 Å². The number of hydrogen-bond acceptors (Lipinski definition) is 4. The van der Waals surface area contributed by atoms with Crippen LogP contribution < -0.4 is 10.9 Å². The minimum Gasteiger partial charge on any atom is -0.349 e. The molecule has 2 rings (SSSR count). The molecule has 27 heavy (non-hydrogen) atoms. The van der Waals surface area contributed by atoms with Gasteiger partial charge in [-0.25, -0.2) is 8.42 Å². The zero-order valence-electron chi connectivity index (χ0n) is 15.6. The van der Waals surface area contributed by atoms with E-state index in [1.54, 1.807) is 6.92 Å². The summed E-state index contributed by atoms with van der Waals surface area (Å²) in [4.78, 5) is 27.0. The molecule has 7 nitrogen and oxygen atoms in total. The highest BCUT2D eigenvalue weighted by Gasteiger charge is 2.23. The first-order valence-electron chi connectivity index (χ1n) is 8.91. The molecular weight excluding hydrogens is 366 g/mol. The Hall–Kier alpha value is -2.45. The summed E-state index contributed by atoms with van der Waals surface area (Å²) in [5.74, 6) is -0.459. The summed E-state index contributed by atoms with van der Waals surface area (Å²) in [5.41, 5.74) is 0.103. The predicted molar refractivity (Wildman–Crippen MR) is 106 cm³/mol. The number of pyridine rings is 1. The lowest BCUT2D eigenvalue weighted by molar-refractivity contribution is 0.0959. The fraction of sp³-hybridized carbons (Fsp3) is 0.368. The highest BCUT2D eigenvalue weighted by atomic mass is 32.2. The molecule has 2 aromatic rings. The normalized spacial score (nSPS) is 11.7. The summed E-state index contributed by atoms with van der Waals surface area (Å²) in [6.45, 7) is 8.37. The fourth-order valence-electron chi connectivity index (χ4n) is 2.77. The van der Waals surface area contributed by atoms with E-state index in [0.29, 0.717) is 24.0 Å². The number of sulfonamides is 1. The maximum absolute atomic E-state index is 13.0. The number of aromatic amines is 1. The van der Waals surface area contributed by atoms with Gasteiger partial charge >= 0.3 is 0 Å². The highest BCUT2D eigenvalue weighted by Crippen LogP contribution is 2.23. The monoisotopic (exact) mass is 391 g/mol. The molecule has 1 aromatic carbocycles. The van der Waals surface area contributed by atoms with Crippen LogP contribution in [-0.2, 0) is 10.0 Å². The van der Waals surface area contributed by atoms with Gasteiger partial charge in [-0.2, -0.15) is 4.31 Å². The van der Waals surface area contributed by atoms with Gasteiger partial charge in [0.05, 0.1) is 10.5 Å². The average molecular weight is 391 g/mol. The second kappa shape index (κ2) is 8.96. The molecule has 1 aromatic heterocycles. The van der Waals surface area contributed by atoms with Gasteiger partial charge in [0.25, 0.3) is 5.91 Å². The molecule has 146 valence electrons. The zero-order chi connectivity index (χ0) is 20.0. The molecule has 0 radical (unpaired) electrons. The number of aromatic nitrogens is 1. The number of benzene rings is 1. The van der Waals surface area contributed by atoms with Crippen LogP contribution in [-0.4, -0.2) is 43.2 Å². The number of nitrogens with one attached hydrogen (secondary N) is 2. The van der Waals surface area contributed by atoms with E-state index in [9.17, 15) is 18.0 Å². The molecule has 0 unspecified atom stereocenters. The van der Waals surface area contributed by atoms with Crippen molar-refractivity contribution in [2.24, 2.45) is 0 Å². The molecule has 1 heterocycles. The van der Waals surface area contributed by atoms with E-state index in [1.807, 2.05) is 6.92 Å². The Morgan fingerprint density at radius 2 is 2.04 bits per heavy atom. The van der Waals surface area contributed by atoms with Gasteiger partial charge in [0.1, 0.15) is 0 Å². The first-order chi connectivity index (χ1) is 12.8. The maximum atomic E-state index is 13.0. The molecular formula is C19H25N3O4S. The summed E-state index contributed by atoms with van der Waals surface area (Å²) in [6.07, 6.45) is 3.18. The summed E-state index contributed by atoms with van der Waals surface area (Å²) in [5, 5.41) is 3.00. The maximum Gasteiger partial charge on any atom is 0.252 e. The van der Waals surface area contributed by atoms with Crippen molar-refractivity contribution in [1.82, 2.24) is 14.6 Å². The number of nitrogens with zero attached hydrogens (tertiary/aromatic N) is 1. The molecule has 2 N–H and O–H groups in total. The first-order valence-corrected chi connectivity index (χ1v) is 10.4. The summed E-state index contributed by atoms with van der Waals surface area (Å²) in [7, 11) is -3.69. The molecule has 0 aliphatic heterocycles. The molecule has 8 heteroatoms. The molecule has 0 spiro atoms. The predicted octanol–water partition coefficient (Wildman–Crippen LogP) is 2.25. The van der Waals surface area contributed by atoms with Crippen LogP contribution in [0.25, 0.3) is 10.9 Å². The van der Waals surface area contributed by atoms with Gasteiger partial charge in [-0.3, -0.25) is 9.59 Å².